The normalized spacial score (nSPS) is 19.6. The van der Waals surface area contributed by atoms with Crippen molar-refractivity contribution < 1.29 is 4.74 Å². The molecule has 2 aliphatic rings. The number of hydrogen-bond donors (Lipinski definition) is 1. The smallest absolute Gasteiger partial charge is 0.0661 e. The van der Waals surface area contributed by atoms with E-state index in [4.69, 9.17) is 4.74 Å². The molecule has 0 aliphatic carbocycles. The highest BCUT2D eigenvalue weighted by Crippen LogP contribution is 2.34. The quantitative estimate of drug-likeness (QED) is 0.873. The standard InChI is InChI=1S/C19H31N3O/c1-15(2)23-12-11-22-19-6-4-5-16(3)18(19)14-21(22)13-17-7-9-20-10-8-17/h4-6,15,17,20H,7-14H2,1-3H3. The topological polar surface area (TPSA) is 27.7 Å². The monoisotopic (exact) mass is 317 g/mol. The Kier molecular flexibility index (Phi) is 5.57. The molecule has 1 aromatic rings. The van der Waals surface area contributed by atoms with E-state index >= 15 is 0 Å². The lowest BCUT2D eigenvalue weighted by molar-refractivity contribution is 0.0744. The van der Waals surface area contributed by atoms with Crippen molar-refractivity contribution in [3.8, 4) is 0 Å². The highest BCUT2D eigenvalue weighted by atomic mass is 16.5. The Bertz CT molecular complexity index is 511. The van der Waals surface area contributed by atoms with E-state index in [0.717, 1.165) is 32.2 Å². The molecule has 0 spiro atoms. The number of rotatable bonds is 6. The number of piperidine rings is 1. The highest BCUT2D eigenvalue weighted by Gasteiger charge is 2.30. The van der Waals surface area contributed by atoms with Gasteiger partial charge in [-0.25, -0.2) is 5.01 Å². The van der Waals surface area contributed by atoms with Crippen LogP contribution >= 0.6 is 0 Å². The molecule has 3 rings (SSSR count). The minimum atomic E-state index is 0.299. The molecule has 128 valence electrons. The SMILES string of the molecule is Cc1cccc2c1CN(CC1CCNCC1)N2CCOC(C)C. The molecule has 0 radical (unpaired) electrons. The van der Waals surface area contributed by atoms with E-state index in [1.165, 1.54) is 42.7 Å². The van der Waals surface area contributed by atoms with Gasteiger partial charge < -0.3 is 15.1 Å². The fraction of sp³-hybridized carbons (Fsp3) is 0.684. The Morgan fingerprint density at radius 1 is 1.26 bits per heavy atom. The first-order valence-electron chi connectivity index (χ1n) is 9.08. The van der Waals surface area contributed by atoms with Crippen LogP contribution in [-0.4, -0.2) is 43.9 Å². The molecule has 1 fully saturated rings. The lowest BCUT2D eigenvalue weighted by atomic mass is 9.98. The summed E-state index contributed by atoms with van der Waals surface area (Å²) in [7, 11) is 0. The third kappa shape index (κ3) is 4.06. The molecule has 0 amide bonds. The zero-order chi connectivity index (χ0) is 16.2. The molecule has 0 saturated carbocycles. The van der Waals surface area contributed by atoms with Crippen molar-refractivity contribution in [2.75, 3.05) is 37.8 Å². The van der Waals surface area contributed by atoms with E-state index in [1.807, 2.05) is 0 Å². The molecule has 1 saturated heterocycles. The van der Waals surface area contributed by atoms with Crippen LogP contribution in [0, 0.1) is 12.8 Å². The van der Waals surface area contributed by atoms with Crippen LogP contribution in [0.25, 0.3) is 0 Å². The predicted octanol–water partition coefficient (Wildman–Crippen LogP) is 2.96. The van der Waals surface area contributed by atoms with Gasteiger partial charge in [0, 0.05) is 13.1 Å². The fourth-order valence-corrected chi connectivity index (χ4v) is 3.72. The van der Waals surface area contributed by atoms with Crippen molar-refractivity contribution in [1.29, 1.82) is 0 Å². The number of hydrazine groups is 1. The van der Waals surface area contributed by atoms with Gasteiger partial charge in [0.25, 0.3) is 0 Å². The second kappa shape index (κ2) is 7.65. The lowest BCUT2D eigenvalue weighted by Gasteiger charge is -2.34. The Morgan fingerprint density at radius 2 is 2.04 bits per heavy atom. The Morgan fingerprint density at radius 3 is 2.78 bits per heavy atom. The Hall–Kier alpha value is -1.10. The summed E-state index contributed by atoms with van der Waals surface area (Å²) in [6.07, 6.45) is 2.89. The fourth-order valence-electron chi connectivity index (χ4n) is 3.72. The van der Waals surface area contributed by atoms with Crippen molar-refractivity contribution in [1.82, 2.24) is 10.3 Å². The van der Waals surface area contributed by atoms with E-state index in [2.05, 4.69) is 54.3 Å². The van der Waals surface area contributed by atoms with E-state index in [0.29, 0.717) is 6.10 Å². The van der Waals surface area contributed by atoms with E-state index < -0.39 is 0 Å². The van der Waals surface area contributed by atoms with Gasteiger partial charge in [-0.2, -0.15) is 0 Å². The summed E-state index contributed by atoms with van der Waals surface area (Å²) in [5.41, 5.74) is 4.28. The second-order valence-electron chi connectivity index (χ2n) is 7.16. The Labute approximate surface area is 140 Å². The largest absolute Gasteiger partial charge is 0.377 e. The minimum Gasteiger partial charge on any atom is -0.377 e. The van der Waals surface area contributed by atoms with Gasteiger partial charge >= 0.3 is 0 Å². The molecule has 2 heterocycles. The van der Waals surface area contributed by atoms with Crippen molar-refractivity contribution in [2.45, 2.75) is 46.3 Å². The first-order valence-corrected chi connectivity index (χ1v) is 9.08. The molecule has 4 nitrogen and oxygen atoms in total. The molecule has 4 heteroatoms. The van der Waals surface area contributed by atoms with Crippen LogP contribution in [-0.2, 0) is 11.3 Å². The van der Waals surface area contributed by atoms with Gasteiger partial charge in [0.1, 0.15) is 0 Å². The van der Waals surface area contributed by atoms with Crippen molar-refractivity contribution in [2.24, 2.45) is 5.92 Å². The van der Waals surface area contributed by atoms with E-state index in [1.54, 1.807) is 0 Å². The second-order valence-corrected chi connectivity index (χ2v) is 7.16. The first kappa shape index (κ1) is 16.7. The summed E-state index contributed by atoms with van der Waals surface area (Å²) in [5.74, 6) is 0.805. The molecule has 0 atom stereocenters. The summed E-state index contributed by atoms with van der Waals surface area (Å²) in [6, 6.07) is 6.67. The van der Waals surface area contributed by atoms with Crippen molar-refractivity contribution in [3.63, 3.8) is 0 Å². The van der Waals surface area contributed by atoms with Gasteiger partial charge in [-0.1, -0.05) is 12.1 Å². The number of benzene rings is 1. The Balaban J connectivity index is 1.70. The summed E-state index contributed by atoms with van der Waals surface area (Å²) in [6.45, 7) is 12.7. The van der Waals surface area contributed by atoms with Crippen molar-refractivity contribution >= 4 is 5.69 Å². The zero-order valence-corrected chi connectivity index (χ0v) is 14.8. The molecule has 1 N–H and O–H groups in total. The van der Waals surface area contributed by atoms with Crippen LogP contribution in [0.5, 0.6) is 0 Å². The summed E-state index contributed by atoms with van der Waals surface area (Å²) in [4.78, 5) is 0. The summed E-state index contributed by atoms with van der Waals surface area (Å²) < 4.78 is 5.81. The summed E-state index contributed by atoms with van der Waals surface area (Å²) in [5, 5.41) is 8.49. The van der Waals surface area contributed by atoms with Crippen molar-refractivity contribution in [3.05, 3.63) is 29.3 Å². The molecule has 0 bridgehead atoms. The highest BCUT2D eigenvalue weighted by molar-refractivity contribution is 5.59. The molecular weight excluding hydrogens is 286 g/mol. The van der Waals surface area contributed by atoms with Gasteiger partial charge in [0.05, 0.1) is 24.9 Å². The maximum Gasteiger partial charge on any atom is 0.0661 e. The average molecular weight is 317 g/mol. The third-order valence-corrected chi connectivity index (χ3v) is 5.03. The van der Waals surface area contributed by atoms with Gasteiger partial charge in [-0.3, -0.25) is 0 Å². The summed E-state index contributed by atoms with van der Waals surface area (Å²) >= 11 is 0. The van der Waals surface area contributed by atoms with Gasteiger partial charge in [0.15, 0.2) is 0 Å². The average Bonchev–Trinajstić information content (AvgIpc) is 2.87. The van der Waals surface area contributed by atoms with Crippen LogP contribution in [0.4, 0.5) is 5.69 Å². The third-order valence-electron chi connectivity index (χ3n) is 5.03. The van der Waals surface area contributed by atoms with Crippen LogP contribution in [0.2, 0.25) is 0 Å². The number of anilines is 1. The van der Waals surface area contributed by atoms with Gasteiger partial charge in [-0.05, 0) is 69.8 Å². The van der Waals surface area contributed by atoms with Crippen LogP contribution in [0.15, 0.2) is 18.2 Å². The molecule has 0 aromatic heterocycles. The predicted molar refractivity (Wildman–Crippen MR) is 95.6 cm³/mol. The van der Waals surface area contributed by atoms with Crippen LogP contribution < -0.4 is 10.3 Å². The number of aryl methyl sites for hydroxylation is 1. The minimum absolute atomic E-state index is 0.299. The van der Waals surface area contributed by atoms with Crippen LogP contribution in [0.1, 0.15) is 37.8 Å². The molecule has 1 aromatic carbocycles. The zero-order valence-electron chi connectivity index (χ0n) is 14.8. The van der Waals surface area contributed by atoms with Gasteiger partial charge in [-0.15, -0.1) is 0 Å². The number of fused-ring (bicyclic) bond motifs is 1. The number of nitrogens with one attached hydrogen (secondary N) is 1. The lowest BCUT2D eigenvalue weighted by Crippen LogP contribution is -2.44. The van der Waals surface area contributed by atoms with Crippen LogP contribution in [0.3, 0.4) is 0 Å². The molecule has 23 heavy (non-hydrogen) atoms. The molecule has 2 aliphatic heterocycles. The maximum atomic E-state index is 5.81. The number of ether oxygens (including phenoxy) is 1. The molecule has 0 unspecified atom stereocenters. The number of hydrogen-bond acceptors (Lipinski definition) is 4. The maximum absolute atomic E-state index is 5.81. The number of nitrogens with zero attached hydrogens (tertiary/aromatic N) is 2. The first-order chi connectivity index (χ1) is 11.1. The molecular formula is C19H31N3O. The van der Waals surface area contributed by atoms with E-state index in [9.17, 15) is 0 Å². The van der Waals surface area contributed by atoms with E-state index in [-0.39, 0.29) is 0 Å². The van der Waals surface area contributed by atoms with Gasteiger partial charge in [0.2, 0.25) is 0 Å².